The lowest BCUT2D eigenvalue weighted by Gasteiger charge is -2.25. The van der Waals surface area contributed by atoms with Crippen molar-refractivity contribution in [3.05, 3.63) is 17.8 Å². The monoisotopic (exact) mass is 195 g/mol. The molecule has 1 aromatic rings. The smallest absolute Gasteiger partial charge is 0.309 e. The zero-order valence-electron chi connectivity index (χ0n) is 8.12. The third kappa shape index (κ3) is 1.77. The first-order valence-corrected chi connectivity index (χ1v) is 4.69. The number of nitrogens with one attached hydrogen (secondary N) is 1. The maximum absolute atomic E-state index is 11.8. The van der Waals surface area contributed by atoms with Gasteiger partial charge in [0, 0.05) is 26.2 Å². The Bertz CT molecular complexity index is 329. The van der Waals surface area contributed by atoms with Crippen molar-refractivity contribution < 1.29 is 9.21 Å². The molecule has 76 valence electrons. The Morgan fingerprint density at radius 1 is 1.57 bits per heavy atom. The Labute approximate surface area is 82.1 Å². The van der Waals surface area contributed by atoms with Crippen molar-refractivity contribution >= 4 is 5.91 Å². The summed E-state index contributed by atoms with van der Waals surface area (Å²) in [7, 11) is 0. The summed E-state index contributed by atoms with van der Waals surface area (Å²) in [5.74, 6) is 0.0870. The van der Waals surface area contributed by atoms with Gasteiger partial charge in [0.05, 0.1) is 5.69 Å². The molecule has 1 aromatic heterocycles. The van der Waals surface area contributed by atoms with Gasteiger partial charge in [-0.3, -0.25) is 4.79 Å². The number of rotatable bonds is 1. The van der Waals surface area contributed by atoms with Crippen molar-refractivity contribution in [2.45, 2.75) is 6.92 Å². The van der Waals surface area contributed by atoms with E-state index in [1.54, 1.807) is 11.8 Å². The summed E-state index contributed by atoms with van der Waals surface area (Å²) in [4.78, 5) is 17.5. The number of carbonyl (C=O) groups is 1. The predicted octanol–water partition coefficient (Wildman–Crippen LogP) is 0.0284. The lowest BCUT2D eigenvalue weighted by Crippen LogP contribution is -2.46. The molecule has 0 atom stereocenters. The van der Waals surface area contributed by atoms with Crippen LogP contribution in [0, 0.1) is 6.92 Å². The molecule has 1 saturated heterocycles. The Hall–Kier alpha value is -1.36. The molecule has 14 heavy (non-hydrogen) atoms. The molecule has 0 saturated carbocycles. The highest BCUT2D eigenvalue weighted by atomic mass is 16.4. The second kappa shape index (κ2) is 3.79. The van der Waals surface area contributed by atoms with Crippen LogP contribution in [0.25, 0.3) is 0 Å². The van der Waals surface area contributed by atoms with Gasteiger partial charge in [-0.1, -0.05) is 0 Å². The summed E-state index contributed by atoms with van der Waals surface area (Å²) in [6.45, 7) is 4.93. The first kappa shape index (κ1) is 9.21. The molecule has 2 rings (SSSR count). The molecule has 0 bridgehead atoms. The number of aromatic nitrogens is 1. The lowest BCUT2D eigenvalue weighted by molar-refractivity contribution is 0.0695. The van der Waals surface area contributed by atoms with Gasteiger partial charge in [-0.15, -0.1) is 0 Å². The molecule has 5 heteroatoms. The van der Waals surface area contributed by atoms with E-state index in [2.05, 4.69) is 10.3 Å². The summed E-state index contributed by atoms with van der Waals surface area (Å²) < 4.78 is 5.06. The van der Waals surface area contributed by atoms with E-state index in [0.717, 1.165) is 31.9 Å². The highest BCUT2D eigenvalue weighted by Gasteiger charge is 2.21. The largest absolute Gasteiger partial charge is 0.441 e. The molecule has 0 aromatic carbocycles. The van der Waals surface area contributed by atoms with E-state index in [-0.39, 0.29) is 11.8 Å². The Balaban J connectivity index is 2.07. The van der Waals surface area contributed by atoms with E-state index >= 15 is 0 Å². The summed E-state index contributed by atoms with van der Waals surface area (Å²) in [5, 5.41) is 3.18. The van der Waals surface area contributed by atoms with Gasteiger partial charge in [-0.05, 0) is 6.92 Å². The molecule has 0 aliphatic carbocycles. The van der Waals surface area contributed by atoms with Gasteiger partial charge < -0.3 is 14.6 Å². The van der Waals surface area contributed by atoms with E-state index in [4.69, 9.17) is 4.42 Å². The van der Waals surface area contributed by atoms with Crippen LogP contribution in [-0.4, -0.2) is 42.0 Å². The van der Waals surface area contributed by atoms with Crippen molar-refractivity contribution in [1.82, 2.24) is 15.2 Å². The van der Waals surface area contributed by atoms with Crippen molar-refractivity contribution in [3.8, 4) is 0 Å². The number of hydrogen-bond donors (Lipinski definition) is 1. The van der Waals surface area contributed by atoms with Crippen LogP contribution in [-0.2, 0) is 0 Å². The highest BCUT2D eigenvalue weighted by molar-refractivity contribution is 5.89. The molecule has 1 aliphatic heterocycles. The van der Waals surface area contributed by atoms with Gasteiger partial charge >= 0.3 is 5.91 Å². The van der Waals surface area contributed by atoms with Crippen LogP contribution in [0.1, 0.15) is 16.4 Å². The maximum atomic E-state index is 11.8. The molecule has 2 heterocycles. The minimum atomic E-state index is -0.111. The number of aryl methyl sites for hydroxylation is 1. The van der Waals surface area contributed by atoms with Crippen LogP contribution >= 0.6 is 0 Å². The molecule has 1 aliphatic rings. The number of oxazole rings is 1. The predicted molar refractivity (Wildman–Crippen MR) is 50.0 cm³/mol. The third-order valence-corrected chi connectivity index (χ3v) is 2.21. The Morgan fingerprint density at radius 3 is 2.86 bits per heavy atom. The maximum Gasteiger partial charge on any atom is 0.309 e. The molecule has 0 spiro atoms. The molecule has 1 fully saturated rings. The zero-order chi connectivity index (χ0) is 9.97. The van der Waals surface area contributed by atoms with E-state index in [1.165, 1.54) is 6.26 Å². The van der Waals surface area contributed by atoms with Crippen molar-refractivity contribution in [1.29, 1.82) is 0 Å². The standard InChI is InChI=1S/C9H13N3O2/c1-7-6-14-8(11-7)9(13)12-4-2-10-3-5-12/h6,10H,2-5H2,1H3. The van der Waals surface area contributed by atoms with E-state index in [0.29, 0.717) is 0 Å². The first-order chi connectivity index (χ1) is 6.77. The van der Waals surface area contributed by atoms with Crippen molar-refractivity contribution in [3.63, 3.8) is 0 Å². The summed E-state index contributed by atoms with van der Waals surface area (Å²) in [5.41, 5.74) is 0.739. The average molecular weight is 195 g/mol. The van der Waals surface area contributed by atoms with Gasteiger partial charge in [0.1, 0.15) is 6.26 Å². The third-order valence-electron chi connectivity index (χ3n) is 2.21. The summed E-state index contributed by atoms with van der Waals surface area (Å²) >= 11 is 0. The molecule has 0 radical (unpaired) electrons. The van der Waals surface area contributed by atoms with Crippen LogP contribution in [0.3, 0.4) is 0 Å². The Kier molecular flexibility index (Phi) is 2.49. The van der Waals surface area contributed by atoms with Crippen LogP contribution in [0.2, 0.25) is 0 Å². The number of nitrogens with zero attached hydrogens (tertiary/aromatic N) is 2. The number of piperazine rings is 1. The highest BCUT2D eigenvalue weighted by Crippen LogP contribution is 2.05. The fourth-order valence-corrected chi connectivity index (χ4v) is 1.46. The number of carbonyl (C=O) groups excluding carboxylic acids is 1. The fourth-order valence-electron chi connectivity index (χ4n) is 1.46. The Morgan fingerprint density at radius 2 is 2.29 bits per heavy atom. The van der Waals surface area contributed by atoms with Crippen molar-refractivity contribution in [2.75, 3.05) is 26.2 Å². The van der Waals surface area contributed by atoms with Gasteiger partial charge in [0.25, 0.3) is 5.89 Å². The van der Waals surface area contributed by atoms with E-state index in [9.17, 15) is 4.79 Å². The molecule has 1 amide bonds. The summed E-state index contributed by atoms with van der Waals surface area (Å²) in [6.07, 6.45) is 1.50. The van der Waals surface area contributed by atoms with Crippen LogP contribution in [0.15, 0.2) is 10.7 Å². The van der Waals surface area contributed by atoms with Crippen LogP contribution < -0.4 is 5.32 Å². The molecule has 5 nitrogen and oxygen atoms in total. The molecule has 0 unspecified atom stereocenters. The van der Waals surface area contributed by atoms with Crippen molar-refractivity contribution in [2.24, 2.45) is 0 Å². The first-order valence-electron chi connectivity index (χ1n) is 4.69. The van der Waals surface area contributed by atoms with Gasteiger partial charge in [0.2, 0.25) is 0 Å². The minimum Gasteiger partial charge on any atom is -0.441 e. The summed E-state index contributed by atoms with van der Waals surface area (Å²) in [6, 6.07) is 0. The number of amides is 1. The average Bonchev–Trinajstić information content (AvgIpc) is 2.65. The normalized spacial score (nSPS) is 17.1. The lowest BCUT2D eigenvalue weighted by atomic mass is 10.3. The van der Waals surface area contributed by atoms with E-state index in [1.807, 2.05) is 0 Å². The van der Waals surface area contributed by atoms with Gasteiger partial charge in [-0.2, -0.15) is 0 Å². The van der Waals surface area contributed by atoms with Crippen LogP contribution in [0.5, 0.6) is 0 Å². The second-order valence-electron chi connectivity index (χ2n) is 3.34. The molecule has 1 N–H and O–H groups in total. The zero-order valence-corrected chi connectivity index (χ0v) is 8.12. The fraction of sp³-hybridized carbons (Fsp3) is 0.556. The van der Waals surface area contributed by atoms with E-state index < -0.39 is 0 Å². The molecular formula is C9H13N3O2. The number of hydrogen-bond acceptors (Lipinski definition) is 4. The van der Waals surface area contributed by atoms with Gasteiger partial charge in [0.15, 0.2) is 0 Å². The topological polar surface area (TPSA) is 58.4 Å². The SMILES string of the molecule is Cc1coc(C(=O)N2CCNCC2)n1. The second-order valence-corrected chi connectivity index (χ2v) is 3.34. The van der Waals surface area contributed by atoms with Crippen LogP contribution in [0.4, 0.5) is 0 Å². The minimum absolute atomic E-state index is 0.111. The van der Waals surface area contributed by atoms with Gasteiger partial charge in [-0.25, -0.2) is 4.98 Å². The quantitative estimate of drug-likeness (QED) is 0.686. The molecular weight excluding hydrogens is 182 g/mol.